The first-order valence-electron chi connectivity index (χ1n) is 7.42. The molecule has 5 N–H and O–H groups in total. The zero-order valence-electron chi connectivity index (χ0n) is 11.8. The van der Waals surface area contributed by atoms with Crippen LogP contribution in [0.3, 0.4) is 0 Å². The number of hydrogen-bond donors (Lipinski definition) is 3. The molecule has 1 unspecified atom stereocenters. The molecule has 3 heterocycles. The van der Waals surface area contributed by atoms with Gasteiger partial charge < -0.3 is 16.8 Å². The first kappa shape index (κ1) is 13.5. The van der Waals surface area contributed by atoms with E-state index in [2.05, 4.69) is 25.2 Å². The van der Waals surface area contributed by atoms with Gasteiger partial charge in [0.15, 0.2) is 0 Å². The monoisotopic (exact) mass is 277 g/mol. The van der Waals surface area contributed by atoms with Crippen molar-refractivity contribution in [1.82, 2.24) is 25.2 Å². The number of nitrogens with zero attached hydrogens (tertiary/aromatic N) is 4. The van der Waals surface area contributed by atoms with E-state index in [9.17, 15) is 0 Å². The van der Waals surface area contributed by atoms with Gasteiger partial charge >= 0.3 is 0 Å². The molecule has 7 nitrogen and oxygen atoms in total. The van der Waals surface area contributed by atoms with E-state index in [4.69, 9.17) is 11.5 Å². The summed E-state index contributed by atoms with van der Waals surface area (Å²) in [5, 5.41) is 3.62. The molecule has 7 heteroatoms. The molecule has 0 aliphatic carbocycles. The van der Waals surface area contributed by atoms with Gasteiger partial charge in [-0.3, -0.25) is 4.90 Å². The topological polar surface area (TPSA) is 106 Å². The lowest BCUT2D eigenvalue weighted by Crippen LogP contribution is -2.40. The predicted octanol–water partition coefficient (Wildman–Crippen LogP) is 0.000000000000000278. The van der Waals surface area contributed by atoms with Crippen molar-refractivity contribution in [2.75, 3.05) is 31.1 Å². The van der Waals surface area contributed by atoms with Crippen molar-refractivity contribution in [3.05, 3.63) is 5.82 Å². The van der Waals surface area contributed by atoms with Crippen LogP contribution in [0, 0.1) is 5.92 Å². The molecule has 0 bridgehead atoms. The van der Waals surface area contributed by atoms with E-state index < -0.39 is 0 Å². The Balaban J connectivity index is 1.53. The Bertz CT molecular complexity index is 430. The van der Waals surface area contributed by atoms with Crippen LogP contribution in [0.5, 0.6) is 0 Å². The van der Waals surface area contributed by atoms with Crippen molar-refractivity contribution in [1.29, 1.82) is 0 Å². The Labute approximate surface area is 119 Å². The molecule has 0 spiro atoms. The molecule has 0 saturated carbocycles. The van der Waals surface area contributed by atoms with Gasteiger partial charge in [0.05, 0.1) is 6.54 Å². The molecule has 0 aromatic carbocycles. The lowest BCUT2D eigenvalue weighted by Gasteiger charge is -2.34. The van der Waals surface area contributed by atoms with E-state index in [0.29, 0.717) is 12.4 Å². The third-order valence-electron chi connectivity index (χ3n) is 4.38. The fourth-order valence-electron chi connectivity index (χ4n) is 3.35. The van der Waals surface area contributed by atoms with Crippen molar-refractivity contribution in [2.24, 2.45) is 5.92 Å². The summed E-state index contributed by atoms with van der Waals surface area (Å²) in [7, 11) is 0. The zero-order chi connectivity index (χ0) is 13.9. The maximum atomic E-state index is 5.60. The van der Waals surface area contributed by atoms with E-state index in [0.717, 1.165) is 25.0 Å². The minimum Gasteiger partial charge on any atom is -0.368 e. The number of aromatic nitrogens is 3. The van der Waals surface area contributed by atoms with E-state index in [-0.39, 0.29) is 11.9 Å². The first-order valence-corrected chi connectivity index (χ1v) is 7.42. The highest BCUT2D eigenvalue weighted by molar-refractivity contribution is 5.25. The maximum Gasteiger partial charge on any atom is 0.225 e. The maximum absolute atomic E-state index is 5.60. The quantitative estimate of drug-likeness (QED) is 0.714. The van der Waals surface area contributed by atoms with Crippen LogP contribution in [0.15, 0.2) is 0 Å². The second kappa shape index (κ2) is 5.88. The van der Waals surface area contributed by atoms with Crippen molar-refractivity contribution in [3.8, 4) is 0 Å². The summed E-state index contributed by atoms with van der Waals surface area (Å²) in [6.07, 6.45) is 5.15. The normalized spacial score (nSPS) is 25.1. The Morgan fingerprint density at radius 2 is 1.75 bits per heavy atom. The molecule has 20 heavy (non-hydrogen) atoms. The summed E-state index contributed by atoms with van der Waals surface area (Å²) in [6.45, 7) is 4.08. The summed E-state index contributed by atoms with van der Waals surface area (Å²) in [5.41, 5.74) is 11.2. The summed E-state index contributed by atoms with van der Waals surface area (Å²) >= 11 is 0. The Morgan fingerprint density at radius 3 is 2.35 bits per heavy atom. The number of likely N-dealkylation sites (tertiary alicyclic amines) is 1. The number of nitrogens with two attached hydrogens (primary N) is 2. The smallest absolute Gasteiger partial charge is 0.225 e. The van der Waals surface area contributed by atoms with Gasteiger partial charge in [0, 0.05) is 6.04 Å². The van der Waals surface area contributed by atoms with E-state index in [1.165, 1.54) is 32.2 Å². The molecule has 0 radical (unpaired) electrons. The van der Waals surface area contributed by atoms with Gasteiger partial charge in [-0.2, -0.15) is 15.0 Å². The van der Waals surface area contributed by atoms with Gasteiger partial charge in [-0.25, -0.2) is 0 Å². The van der Waals surface area contributed by atoms with E-state index >= 15 is 0 Å². The molecule has 0 amide bonds. The Morgan fingerprint density at radius 1 is 1.05 bits per heavy atom. The molecule has 3 rings (SSSR count). The molecule has 2 saturated heterocycles. The minimum absolute atomic E-state index is 0.206. The molecule has 1 aromatic rings. The van der Waals surface area contributed by atoms with Gasteiger partial charge in [0.2, 0.25) is 11.9 Å². The molecule has 2 aliphatic heterocycles. The molecule has 110 valence electrons. The van der Waals surface area contributed by atoms with E-state index in [1.54, 1.807) is 0 Å². The molecule has 1 aromatic heterocycles. The fraction of sp³-hybridized carbons (Fsp3) is 0.769. The predicted molar refractivity (Wildman–Crippen MR) is 77.7 cm³/mol. The molecule has 2 fully saturated rings. The first-order chi connectivity index (χ1) is 9.70. The Kier molecular flexibility index (Phi) is 3.98. The van der Waals surface area contributed by atoms with Crippen LogP contribution >= 0.6 is 0 Å². The minimum atomic E-state index is 0.206. The van der Waals surface area contributed by atoms with Gasteiger partial charge in [-0.05, 0) is 51.2 Å². The lowest BCUT2D eigenvalue weighted by atomic mass is 9.88. The fourth-order valence-corrected chi connectivity index (χ4v) is 3.35. The highest BCUT2D eigenvalue weighted by Gasteiger charge is 2.28. The van der Waals surface area contributed by atoms with Gasteiger partial charge in [0.1, 0.15) is 5.82 Å². The number of rotatable bonds is 3. The van der Waals surface area contributed by atoms with Crippen LogP contribution in [0.1, 0.15) is 31.5 Å². The highest BCUT2D eigenvalue weighted by atomic mass is 15.2. The van der Waals surface area contributed by atoms with Gasteiger partial charge in [0.25, 0.3) is 0 Å². The number of nitrogen functional groups attached to an aromatic ring is 2. The van der Waals surface area contributed by atoms with E-state index in [1.807, 2.05) is 0 Å². The largest absolute Gasteiger partial charge is 0.368 e. The second-order valence-corrected chi connectivity index (χ2v) is 5.78. The average molecular weight is 277 g/mol. The van der Waals surface area contributed by atoms with Crippen molar-refractivity contribution in [3.63, 3.8) is 0 Å². The lowest BCUT2D eigenvalue weighted by molar-refractivity contribution is 0.154. The summed E-state index contributed by atoms with van der Waals surface area (Å²) in [5.74, 6) is 1.91. The van der Waals surface area contributed by atoms with Gasteiger partial charge in [-0.1, -0.05) is 0 Å². The summed E-state index contributed by atoms with van der Waals surface area (Å²) in [6, 6.07) is 0.737. The van der Waals surface area contributed by atoms with Crippen molar-refractivity contribution in [2.45, 2.75) is 38.3 Å². The Hall–Kier alpha value is -1.47. The van der Waals surface area contributed by atoms with Crippen LogP contribution < -0.4 is 16.8 Å². The second-order valence-electron chi connectivity index (χ2n) is 5.78. The third-order valence-corrected chi connectivity index (χ3v) is 4.38. The van der Waals surface area contributed by atoms with Gasteiger partial charge in [-0.15, -0.1) is 0 Å². The van der Waals surface area contributed by atoms with Crippen molar-refractivity contribution >= 4 is 11.9 Å². The molecular weight excluding hydrogens is 254 g/mol. The third kappa shape index (κ3) is 3.16. The molecule has 2 aliphatic rings. The number of anilines is 2. The summed E-state index contributed by atoms with van der Waals surface area (Å²) in [4.78, 5) is 14.5. The molecule has 1 atom stereocenters. The SMILES string of the molecule is Nc1nc(N)nc(CN2CCC(C3CCCN3)CC2)n1. The van der Waals surface area contributed by atoms with Crippen molar-refractivity contribution < 1.29 is 0 Å². The zero-order valence-corrected chi connectivity index (χ0v) is 11.8. The van der Waals surface area contributed by atoms with Crippen LogP contribution in [0.4, 0.5) is 11.9 Å². The highest BCUT2D eigenvalue weighted by Crippen LogP contribution is 2.26. The average Bonchev–Trinajstić information content (AvgIpc) is 2.92. The standard InChI is InChI=1S/C13H23N7/c14-12-17-11(18-13(15)19-12)8-20-6-3-9(4-7-20)10-2-1-5-16-10/h9-10,16H,1-8H2,(H4,14,15,17,18,19). The number of piperidine rings is 1. The summed E-state index contributed by atoms with van der Waals surface area (Å²) < 4.78 is 0. The number of nitrogens with one attached hydrogen (secondary N) is 1. The molecular formula is C13H23N7. The van der Waals surface area contributed by atoms with Crippen LogP contribution in [0.2, 0.25) is 0 Å². The van der Waals surface area contributed by atoms with Crippen LogP contribution in [0.25, 0.3) is 0 Å². The van der Waals surface area contributed by atoms with Crippen LogP contribution in [-0.2, 0) is 6.54 Å². The van der Waals surface area contributed by atoms with Crippen LogP contribution in [-0.4, -0.2) is 45.5 Å². The number of hydrogen-bond acceptors (Lipinski definition) is 7.